The number of ketones is 1. The number of aromatic nitrogens is 2. The van der Waals surface area contributed by atoms with Gasteiger partial charge in [-0.25, -0.2) is 9.07 Å². The van der Waals surface area contributed by atoms with Gasteiger partial charge in [0.2, 0.25) is 0 Å². The van der Waals surface area contributed by atoms with E-state index in [-0.39, 0.29) is 29.3 Å². The maximum atomic E-state index is 14.1. The van der Waals surface area contributed by atoms with Gasteiger partial charge in [0.25, 0.3) is 5.69 Å². The van der Waals surface area contributed by atoms with Crippen LogP contribution in [0.4, 0.5) is 15.8 Å². The number of non-ortho nitro benzene ring substituents is 1. The Hall–Kier alpha value is -5.56. The predicted octanol–water partition coefficient (Wildman–Crippen LogP) is 6.53. The van der Waals surface area contributed by atoms with E-state index in [1.165, 1.54) is 24.3 Å². The van der Waals surface area contributed by atoms with E-state index in [4.69, 9.17) is 10.8 Å². The van der Waals surface area contributed by atoms with Gasteiger partial charge in [0.1, 0.15) is 11.6 Å². The van der Waals surface area contributed by atoms with E-state index in [1.807, 2.05) is 44.2 Å². The summed E-state index contributed by atoms with van der Waals surface area (Å²) in [5, 5.41) is 26.8. The fourth-order valence-corrected chi connectivity index (χ4v) is 5.98. The van der Waals surface area contributed by atoms with E-state index < -0.39 is 22.1 Å². The topological polar surface area (TPSA) is 131 Å². The average molecular weight is 575 g/mol. The van der Waals surface area contributed by atoms with Crippen LogP contribution in [0.25, 0.3) is 16.9 Å². The highest BCUT2D eigenvalue weighted by Gasteiger charge is 2.46. The molecule has 2 heterocycles. The van der Waals surface area contributed by atoms with E-state index in [9.17, 15) is 24.6 Å². The summed E-state index contributed by atoms with van der Waals surface area (Å²) in [4.78, 5) is 26.6. The van der Waals surface area contributed by atoms with Crippen molar-refractivity contribution in [2.24, 2.45) is 11.1 Å². The summed E-state index contributed by atoms with van der Waals surface area (Å²) in [6, 6.07) is 23.4. The first kappa shape index (κ1) is 27.6. The second-order valence-electron chi connectivity index (χ2n) is 11.5. The van der Waals surface area contributed by atoms with E-state index >= 15 is 0 Å². The summed E-state index contributed by atoms with van der Waals surface area (Å²) in [5.74, 6) is -1.24. The zero-order chi connectivity index (χ0) is 30.5. The van der Waals surface area contributed by atoms with Crippen LogP contribution in [0, 0.1) is 32.7 Å². The number of carbonyl (C=O) groups excluding carboxylic acids is 1. The average Bonchev–Trinajstić information content (AvgIpc) is 3.42. The second-order valence-corrected chi connectivity index (χ2v) is 11.5. The normalized spacial score (nSPS) is 18.0. The maximum Gasteiger partial charge on any atom is 0.269 e. The van der Waals surface area contributed by atoms with Gasteiger partial charge >= 0.3 is 0 Å². The quantitative estimate of drug-likeness (QED) is 0.212. The Morgan fingerprint density at radius 1 is 1.02 bits per heavy atom. The SMILES string of the molecule is CC1(C)CC(=O)C2=C(C1)N(c1ccc(F)cc1)C(N)=C(C#N)C2c1cn(-c2ccccc2)nc1-c1ccc([N+](=O)[O-])cc1. The van der Waals surface area contributed by atoms with Gasteiger partial charge in [-0.05, 0) is 60.4 Å². The molecular weight excluding hydrogens is 547 g/mol. The van der Waals surface area contributed by atoms with Crippen molar-refractivity contribution in [3.05, 3.63) is 129 Å². The summed E-state index contributed by atoms with van der Waals surface area (Å²) >= 11 is 0. The highest BCUT2D eigenvalue weighted by atomic mass is 19.1. The minimum Gasteiger partial charge on any atom is -0.384 e. The molecule has 0 spiro atoms. The Balaban J connectivity index is 1.62. The Morgan fingerprint density at radius 3 is 2.33 bits per heavy atom. The molecule has 1 unspecified atom stereocenters. The van der Waals surface area contributed by atoms with Crippen LogP contribution in [0.5, 0.6) is 0 Å². The third-order valence-corrected chi connectivity index (χ3v) is 7.89. The minimum atomic E-state index is -0.844. The van der Waals surface area contributed by atoms with Crippen LogP contribution in [0.3, 0.4) is 0 Å². The number of benzene rings is 3. The van der Waals surface area contributed by atoms with Crippen LogP contribution in [-0.2, 0) is 4.79 Å². The number of para-hydroxylation sites is 1. The van der Waals surface area contributed by atoms with E-state index in [1.54, 1.807) is 40.0 Å². The van der Waals surface area contributed by atoms with Gasteiger partial charge in [-0.1, -0.05) is 32.0 Å². The molecule has 0 saturated carbocycles. The summed E-state index contributed by atoms with van der Waals surface area (Å²) in [5.41, 5.74) is 10.5. The smallest absolute Gasteiger partial charge is 0.269 e. The number of Topliss-reactive ketones (excluding diaryl/α,β-unsaturated/α-hetero) is 1. The molecule has 2 N–H and O–H groups in total. The number of nitrogens with two attached hydrogens (primary N) is 1. The van der Waals surface area contributed by atoms with Gasteiger partial charge in [0.15, 0.2) is 5.78 Å². The monoisotopic (exact) mass is 574 g/mol. The summed E-state index contributed by atoms with van der Waals surface area (Å²) in [7, 11) is 0. The number of anilines is 1. The molecule has 0 bridgehead atoms. The van der Waals surface area contributed by atoms with Crippen molar-refractivity contribution in [1.82, 2.24) is 9.78 Å². The molecule has 1 aliphatic carbocycles. The van der Waals surface area contributed by atoms with E-state index in [0.717, 1.165) is 5.69 Å². The standard InChI is InChI=1S/C33H27FN6O3/c1-33(2)16-27-30(28(41)17-33)29(25(18-35)32(36)39(27)23-14-10-21(34)11-15-23)26-19-38(22-6-4-3-5-7-22)37-31(26)20-8-12-24(13-9-20)40(42)43/h3-15,19,29H,16-17,36H2,1-2H3. The number of allylic oxidation sites excluding steroid dienone is 3. The van der Waals surface area contributed by atoms with Crippen molar-refractivity contribution in [2.45, 2.75) is 32.6 Å². The van der Waals surface area contributed by atoms with E-state index in [0.29, 0.717) is 40.2 Å². The van der Waals surface area contributed by atoms with Crippen molar-refractivity contribution in [1.29, 1.82) is 5.26 Å². The molecule has 214 valence electrons. The molecule has 1 aromatic heterocycles. The number of nitrogens with zero attached hydrogens (tertiary/aromatic N) is 5. The molecule has 0 fully saturated rings. The second kappa shape index (κ2) is 10.4. The predicted molar refractivity (Wildman–Crippen MR) is 159 cm³/mol. The first-order valence-corrected chi connectivity index (χ1v) is 13.7. The summed E-state index contributed by atoms with van der Waals surface area (Å²) in [6.07, 6.45) is 2.53. The molecule has 0 amide bonds. The molecular formula is C33H27FN6O3. The largest absolute Gasteiger partial charge is 0.384 e. The van der Waals surface area contributed by atoms with Crippen LogP contribution in [0.1, 0.15) is 38.2 Å². The van der Waals surface area contributed by atoms with Gasteiger partial charge in [0, 0.05) is 52.8 Å². The first-order valence-electron chi connectivity index (χ1n) is 13.7. The Labute approximate surface area is 247 Å². The van der Waals surface area contributed by atoms with Crippen LogP contribution < -0.4 is 10.6 Å². The Bertz CT molecular complexity index is 1870. The third-order valence-electron chi connectivity index (χ3n) is 7.89. The van der Waals surface area contributed by atoms with Crippen molar-refractivity contribution in [2.75, 3.05) is 4.90 Å². The summed E-state index contributed by atoms with van der Waals surface area (Å²) < 4.78 is 15.6. The van der Waals surface area contributed by atoms with Crippen LogP contribution in [0.2, 0.25) is 0 Å². The number of nitro benzene ring substituents is 1. The van der Waals surface area contributed by atoms with Gasteiger partial charge in [-0.2, -0.15) is 10.4 Å². The van der Waals surface area contributed by atoms with Gasteiger partial charge in [-0.15, -0.1) is 0 Å². The molecule has 6 rings (SSSR count). The lowest BCUT2D eigenvalue weighted by Gasteiger charge is -2.43. The van der Waals surface area contributed by atoms with Gasteiger partial charge < -0.3 is 5.73 Å². The number of halogens is 1. The molecule has 4 aromatic rings. The van der Waals surface area contributed by atoms with Crippen LogP contribution >= 0.6 is 0 Å². The Kier molecular flexibility index (Phi) is 6.66. The highest BCUT2D eigenvalue weighted by molar-refractivity contribution is 6.02. The number of nitriles is 1. The first-order chi connectivity index (χ1) is 20.6. The molecule has 2 aliphatic rings. The Morgan fingerprint density at radius 2 is 1.70 bits per heavy atom. The zero-order valence-electron chi connectivity index (χ0n) is 23.5. The number of nitro groups is 1. The number of rotatable bonds is 5. The van der Waals surface area contributed by atoms with Crippen molar-refractivity contribution >= 4 is 17.2 Å². The number of hydrogen-bond acceptors (Lipinski definition) is 7. The van der Waals surface area contributed by atoms with Gasteiger partial charge in [0.05, 0.1) is 33.9 Å². The lowest BCUT2D eigenvalue weighted by atomic mass is 9.68. The van der Waals surface area contributed by atoms with Crippen LogP contribution in [-0.4, -0.2) is 20.5 Å². The lowest BCUT2D eigenvalue weighted by molar-refractivity contribution is -0.384. The molecule has 9 nitrogen and oxygen atoms in total. The van der Waals surface area contributed by atoms with Crippen molar-refractivity contribution < 1.29 is 14.1 Å². The summed E-state index contributed by atoms with van der Waals surface area (Å²) in [6.45, 7) is 4.00. The molecule has 1 aliphatic heterocycles. The minimum absolute atomic E-state index is 0.0723. The fourth-order valence-electron chi connectivity index (χ4n) is 5.98. The molecule has 3 aromatic carbocycles. The molecule has 1 atom stereocenters. The molecule has 10 heteroatoms. The maximum absolute atomic E-state index is 14.1. The third kappa shape index (κ3) is 4.85. The molecule has 0 saturated heterocycles. The van der Waals surface area contributed by atoms with Crippen molar-refractivity contribution in [3.8, 4) is 23.0 Å². The number of carbonyl (C=O) groups is 1. The lowest BCUT2D eigenvalue weighted by Crippen LogP contribution is -2.42. The number of hydrogen-bond donors (Lipinski definition) is 1. The van der Waals surface area contributed by atoms with E-state index in [2.05, 4.69) is 6.07 Å². The van der Waals surface area contributed by atoms with Crippen LogP contribution in [0.15, 0.2) is 108 Å². The highest BCUT2D eigenvalue weighted by Crippen LogP contribution is 2.51. The molecule has 43 heavy (non-hydrogen) atoms. The van der Waals surface area contributed by atoms with Crippen molar-refractivity contribution in [3.63, 3.8) is 0 Å². The fraction of sp³-hybridized carbons (Fsp3) is 0.182. The molecule has 0 radical (unpaired) electrons. The zero-order valence-corrected chi connectivity index (χ0v) is 23.5. The van der Waals surface area contributed by atoms with Gasteiger partial charge in [-0.3, -0.25) is 19.8 Å².